The van der Waals surface area contributed by atoms with Crippen LogP contribution in [0.2, 0.25) is 0 Å². The Morgan fingerprint density at radius 3 is 2.56 bits per heavy atom. The first kappa shape index (κ1) is 11.2. The third kappa shape index (κ3) is 3.08. The van der Waals surface area contributed by atoms with Gasteiger partial charge in [0.05, 0.1) is 0 Å². The smallest absolute Gasteiger partial charge is 0.0278 e. The molecule has 0 saturated carbocycles. The average molecular weight is 230 g/mol. The average Bonchev–Trinajstić information content (AvgIpc) is 2.38. The zero-order valence-electron chi connectivity index (χ0n) is 8.97. The number of aromatic nitrogens is 1. The van der Waals surface area contributed by atoms with Gasteiger partial charge in [-0.3, -0.25) is 4.98 Å². The van der Waals surface area contributed by atoms with Crippen LogP contribution in [-0.2, 0) is 12.3 Å². The molecule has 0 unspecified atom stereocenters. The van der Waals surface area contributed by atoms with Crippen LogP contribution in [0.3, 0.4) is 0 Å². The summed E-state index contributed by atoms with van der Waals surface area (Å²) in [5, 5.41) is 0. The van der Waals surface area contributed by atoms with Gasteiger partial charge in [0, 0.05) is 29.6 Å². The maximum Gasteiger partial charge on any atom is 0.0278 e. The van der Waals surface area contributed by atoms with Crippen LogP contribution in [0.15, 0.2) is 53.7 Å². The number of rotatable bonds is 4. The molecule has 0 radical (unpaired) electrons. The molecule has 0 fully saturated rings. The minimum atomic E-state index is 0.605. The normalized spacial score (nSPS) is 10.3. The molecular weight excluding hydrogens is 216 g/mol. The zero-order chi connectivity index (χ0) is 11.2. The summed E-state index contributed by atoms with van der Waals surface area (Å²) in [5.74, 6) is 0.970. The van der Waals surface area contributed by atoms with Crippen LogP contribution < -0.4 is 5.73 Å². The van der Waals surface area contributed by atoms with E-state index in [4.69, 9.17) is 5.73 Å². The Hall–Kier alpha value is -1.32. The predicted molar refractivity (Wildman–Crippen MR) is 68.1 cm³/mol. The summed E-state index contributed by atoms with van der Waals surface area (Å²) < 4.78 is 0. The summed E-state index contributed by atoms with van der Waals surface area (Å²) in [6.07, 6.45) is 3.64. The maximum absolute atomic E-state index is 5.61. The minimum Gasteiger partial charge on any atom is -0.326 e. The molecule has 82 valence electrons. The topological polar surface area (TPSA) is 38.9 Å². The standard InChI is InChI=1S/C13H14N2S/c14-9-11-2-1-3-12(8-11)10-16-13-4-6-15-7-5-13/h1-8H,9-10,14H2. The van der Waals surface area contributed by atoms with E-state index >= 15 is 0 Å². The molecule has 0 spiro atoms. The molecular formula is C13H14N2S. The molecule has 0 atom stereocenters. The second-order valence-corrected chi connectivity index (χ2v) is 4.54. The highest BCUT2D eigenvalue weighted by atomic mass is 32.2. The van der Waals surface area contributed by atoms with Crippen LogP contribution in [0.5, 0.6) is 0 Å². The molecule has 16 heavy (non-hydrogen) atoms. The molecule has 1 heterocycles. The van der Waals surface area contributed by atoms with Crippen molar-refractivity contribution in [2.75, 3.05) is 0 Å². The molecule has 0 amide bonds. The first-order valence-corrected chi connectivity index (χ1v) is 6.18. The number of thioether (sulfide) groups is 1. The van der Waals surface area contributed by atoms with Crippen molar-refractivity contribution in [3.8, 4) is 0 Å². The van der Waals surface area contributed by atoms with Gasteiger partial charge in [-0.05, 0) is 23.3 Å². The van der Waals surface area contributed by atoms with Gasteiger partial charge in [-0.2, -0.15) is 0 Å². The lowest BCUT2D eigenvalue weighted by Crippen LogP contribution is -1.96. The molecule has 0 aliphatic carbocycles. The first-order valence-electron chi connectivity index (χ1n) is 5.19. The number of nitrogens with zero attached hydrogens (tertiary/aromatic N) is 1. The zero-order valence-corrected chi connectivity index (χ0v) is 9.78. The van der Waals surface area contributed by atoms with Crippen molar-refractivity contribution in [2.45, 2.75) is 17.2 Å². The molecule has 2 nitrogen and oxygen atoms in total. The fraction of sp³-hybridized carbons (Fsp3) is 0.154. The molecule has 3 heteroatoms. The molecule has 2 aromatic rings. The highest BCUT2D eigenvalue weighted by molar-refractivity contribution is 7.98. The lowest BCUT2D eigenvalue weighted by molar-refractivity contribution is 1.06. The Kier molecular flexibility index (Phi) is 3.97. The van der Waals surface area contributed by atoms with Gasteiger partial charge < -0.3 is 5.73 Å². The predicted octanol–water partition coefficient (Wildman–Crippen LogP) is 2.83. The Balaban J connectivity index is 1.99. The Morgan fingerprint density at radius 2 is 1.81 bits per heavy atom. The second kappa shape index (κ2) is 5.68. The van der Waals surface area contributed by atoms with Gasteiger partial charge in [-0.25, -0.2) is 0 Å². The second-order valence-electron chi connectivity index (χ2n) is 3.50. The van der Waals surface area contributed by atoms with Gasteiger partial charge in [-0.15, -0.1) is 11.8 Å². The van der Waals surface area contributed by atoms with Crippen molar-refractivity contribution < 1.29 is 0 Å². The van der Waals surface area contributed by atoms with E-state index in [1.807, 2.05) is 36.3 Å². The van der Waals surface area contributed by atoms with Gasteiger partial charge >= 0.3 is 0 Å². The number of nitrogens with two attached hydrogens (primary N) is 1. The SMILES string of the molecule is NCc1cccc(CSc2ccncc2)c1. The van der Waals surface area contributed by atoms with Crippen molar-refractivity contribution in [3.05, 3.63) is 59.9 Å². The van der Waals surface area contributed by atoms with Gasteiger partial charge in [0.15, 0.2) is 0 Å². The van der Waals surface area contributed by atoms with E-state index in [2.05, 4.69) is 29.2 Å². The fourth-order valence-corrected chi connectivity index (χ4v) is 2.27. The molecule has 0 bridgehead atoms. The largest absolute Gasteiger partial charge is 0.326 e. The van der Waals surface area contributed by atoms with Crippen LogP contribution in [0, 0.1) is 0 Å². The minimum absolute atomic E-state index is 0.605. The van der Waals surface area contributed by atoms with Crippen LogP contribution >= 0.6 is 11.8 Å². The molecule has 0 aliphatic heterocycles. The van der Waals surface area contributed by atoms with Gasteiger partial charge in [0.1, 0.15) is 0 Å². The monoisotopic (exact) mass is 230 g/mol. The molecule has 1 aromatic carbocycles. The summed E-state index contributed by atoms with van der Waals surface area (Å²) in [6, 6.07) is 12.5. The van der Waals surface area contributed by atoms with E-state index in [0.29, 0.717) is 6.54 Å². The van der Waals surface area contributed by atoms with Crippen LogP contribution in [0.25, 0.3) is 0 Å². The van der Waals surface area contributed by atoms with Crippen molar-refractivity contribution in [2.24, 2.45) is 5.73 Å². The Bertz CT molecular complexity index is 443. The van der Waals surface area contributed by atoms with E-state index in [0.717, 1.165) is 5.75 Å². The van der Waals surface area contributed by atoms with Crippen LogP contribution in [0.1, 0.15) is 11.1 Å². The highest BCUT2D eigenvalue weighted by Gasteiger charge is 1.97. The Labute approximate surface area is 99.9 Å². The third-order valence-electron chi connectivity index (χ3n) is 2.28. The van der Waals surface area contributed by atoms with E-state index < -0.39 is 0 Å². The summed E-state index contributed by atoms with van der Waals surface area (Å²) in [6.45, 7) is 0.605. The van der Waals surface area contributed by atoms with E-state index in [1.54, 1.807) is 0 Å². The van der Waals surface area contributed by atoms with Crippen molar-refractivity contribution in [3.63, 3.8) is 0 Å². The molecule has 0 saturated heterocycles. The van der Waals surface area contributed by atoms with Crippen LogP contribution in [0.4, 0.5) is 0 Å². The molecule has 0 aliphatic rings. The van der Waals surface area contributed by atoms with Crippen LogP contribution in [-0.4, -0.2) is 4.98 Å². The summed E-state index contributed by atoms with van der Waals surface area (Å²) in [7, 11) is 0. The lowest BCUT2D eigenvalue weighted by Gasteiger charge is -2.03. The first-order chi connectivity index (χ1) is 7.88. The van der Waals surface area contributed by atoms with Gasteiger partial charge in [0.25, 0.3) is 0 Å². The molecule has 2 rings (SSSR count). The molecule has 2 N–H and O–H groups in total. The molecule has 1 aromatic heterocycles. The van der Waals surface area contributed by atoms with Crippen molar-refractivity contribution in [1.29, 1.82) is 0 Å². The Morgan fingerprint density at radius 1 is 1.06 bits per heavy atom. The summed E-state index contributed by atoms with van der Waals surface area (Å²) >= 11 is 1.81. The van der Waals surface area contributed by atoms with E-state index in [1.165, 1.54) is 16.0 Å². The van der Waals surface area contributed by atoms with Gasteiger partial charge in [0.2, 0.25) is 0 Å². The lowest BCUT2D eigenvalue weighted by atomic mass is 10.1. The number of hydrogen-bond acceptors (Lipinski definition) is 3. The summed E-state index contributed by atoms with van der Waals surface area (Å²) in [4.78, 5) is 5.24. The number of pyridine rings is 1. The summed E-state index contributed by atoms with van der Waals surface area (Å²) in [5.41, 5.74) is 8.11. The van der Waals surface area contributed by atoms with Crippen molar-refractivity contribution in [1.82, 2.24) is 4.98 Å². The van der Waals surface area contributed by atoms with Crippen molar-refractivity contribution >= 4 is 11.8 Å². The number of hydrogen-bond donors (Lipinski definition) is 1. The van der Waals surface area contributed by atoms with E-state index in [9.17, 15) is 0 Å². The quantitative estimate of drug-likeness (QED) is 0.821. The highest BCUT2D eigenvalue weighted by Crippen LogP contribution is 2.22. The number of benzene rings is 1. The van der Waals surface area contributed by atoms with E-state index in [-0.39, 0.29) is 0 Å². The maximum atomic E-state index is 5.61. The fourth-order valence-electron chi connectivity index (χ4n) is 1.45. The van der Waals surface area contributed by atoms with Gasteiger partial charge in [-0.1, -0.05) is 24.3 Å². The third-order valence-corrected chi connectivity index (χ3v) is 3.37.